The van der Waals surface area contributed by atoms with Gasteiger partial charge in [-0.3, -0.25) is 4.79 Å². The fraction of sp³-hybridized carbons (Fsp3) is 0.955. The summed E-state index contributed by atoms with van der Waals surface area (Å²) in [5.41, 5.74) is 0. The smallest absolute Gasteiger partial charge is 0.225 e. The molecular weight excluding hydrogens is 386 g/mol. The standard InChI is InChI=1S/C22H41N3O3S/c1-2-3-18-29(27,28)25-14-10-21(11-15-25)22(26)24-13-7-12-23(16-17-24)19-20-8-5-4-6-9-20/h20-21H,2-19H2,1H3. The molecule has 0 spiro atoms. The van der Waals surface area contributed by atoms with Crippen molar-refractivity contribution in [1.82, 2.24) is 14.1 Å². The molecule has 0 atom stereocenters. The van der Waals surface area contributed by atoms with Crippen LogP contribution in [0.5, 0.6) is 0 Å². The van der Waals surface area contributed by atoms with E-state index in [9.17, 15) is 13.2 Å². The predicted molar refractivity (Wildman–Crippen MR) is 117 cm³/mol. The van der Waals surface area contributed by atoms with Gasteiger partial charge in [-0.05, 0) is 51.0 Å². The third-order valence-electron chi connectivity index (χ3n) is 7.09. The lowest BCUT2D eigenvalue weighted by atomic mass is 9.89. The Morgan fingerprint density at radius 1 is 0.862 bits per heavy atom. The van der Waals surface area contributed by atoms with Crippen LogP contribution in [0, 0.1) is 11.8 Å². The number of rotatable bonds is 7. The van der Waals surface area contributed by atoms with E-state index < -0.39 is 10.0 Å². The van der Waals surface area contributed by atoms with Crippen molar-refractivity contribution in [3.8, 4) is 0 Å². The van der Waals surface area contributed by atoms with Gasteiger partial charge in [-0.15, -0.1) is 0 Å². The summed E-state index contributed by atoms with van der Waals surface area (Å²) in [5.74, 6) is 1.35. The van der Waals surface area contributed by atoms with E-state index in [4.69, 9.17) is 0 Å². The highest BCUT2D eigenvalue weighted by Crippen LogP contribution is 2.26. The second-order valence-corrected chi connectivity index (χ2v) is 11.4. The van der Waals surface area contributed by atoms with Gasteiger partial charge in [0.05, 0.1) is 5.75 Å². The van der Waals surface area contributed by atoms with Gasteiger partial charge in [0.25, 0.3) is 0 Å². The molecule has 168 valence electrons. The molecule has 6 nitrogen and oxygen atoms in total. The zero-order valence-electron chi connectivity index (χ0n) is 18.4. The molecule has 3 aliphatic rings. The Morgan fingerprint density at radius 2 is 1.59 bits per heavy atom. The molecule has 1 saturated carbocycles. The summed E-state index contributed by atoms with van der Waals surface area (Å²) < 4.78 is 26.4. The van der Waals surface area contributed by atoms with E-state index in [-0.39, 0.29) is 17.6 Å². The van der Waals surface area contributed by atoms with E-state index in [0.29, 0.717) is 32.4 Å². The second-order valence-electron chi connectivity index (χ2n) is 9.33. The summed E-state index contributed by atoms with van der Waals surface area (Å²) in [4.78, 5) is 17.7. The van der Waals surface area contributed by atoms with Crippen molar-refractivity contribution in [2.45, 2.75) is 71.1 Å². The van der Waals surface area contributed by atoms with Gasteiger partial charge in [0.1, 0.15) is 0 Å². The minimum atomic E-state index is -3.15. The maximum Gasteiger partial charge on any atom is 0.225 e. The van der Waals surface area contributed by atoms with Gasteiger partial charge in [-0.25, -0.2) is 12.7 Å². The van der Waals surface area contributed by atoms with Gasteiger partial charge < -0.3 is 9.80 Å². The molecule has 0 N–H and O–H groups in total. The zero-order valence-corrected chi connectivity index (χ0v) is 19.2. The number of hydrogen-bond acceptors (Lipinski definition) is 4. The number of carbonyl (C=O) groups is 1. The molecule has 2 heterocycles. The van der Waals surface area contributed by atoms with Crippen molar-refractivity contribution < 1.29 is 13.2 Å². The quantitative estimate of drug-likeness (QED) is 0.627. The molecule has 0 unspecified atom stereocenters. The van der Waals surface area contributed by atoms with Gasteiger partial charge in [0.2, 0.25) is 15.9 Å². The van der Waals surface area contributed by atoms with Crippen LogP contribution in [-0.2, 0) is 14.8 Å². The first-order valence-electron chi connectivity index (χ1n) is 12.0. The van der Waals surface area contributed by atoms with Crippen LogP contribution >= 0.6 is 0 Å². The Balaban J connectivity index is 1.44. The normalized spacial score (nSPS) is 24.5. The molecule has 0 bridgehead atoms. The lowest BCUT2D eigenvalue weighted by molar-refractivity contribution is -0.136. The number of carbonyl (C=O) groups excluding carboxylic acids is 1. The molecular formula is C22H41N3O3S. The van der Waals surface area contributed by atoms with E-state index in [1.165, 1.54) is 38.6 Å². The van der Waals surface area contributed by atoms with Crippen LogP contribution in [-0.4, -0.2) is 80.0 Å². The molecule has 1 aliphatic carbocycles. The molecule has 0 aromatic heterocycles. The summed E-state index contributed by atoms with van der Waals surface area (Å²) in [6.07, 6.45) is 10.9. The maximum atomic E-state index is 13.1. The number of piperidine rings is 1. The van der Waals surface area contributed by atoms with Gasteiger partial charge in [0, 0.05) is 45.2 Å². The Bertz CT molecular complexity index is 611. The summed E-state index contributed by atoms with van der Waals surface area (Å²) >= 11 is 0. The Morgan fingerprint density at radius 3 is 2.28 bits per heavy atom. The van der Waals surface area contributed by atoms with Crippen LogP contribution in [0.2, 0.25) is 0 Å². The first kappa shape index (κ1) is 23.0. The van der Waals surface area contributed by atoms with Crippen molar-refractivity contribution in [3.63, 3.8) is 0 Å². The lowest BCUT2D eigenvalue weighted by Gasteiger charge is -2.33. The third-order valence-corrected chi connectivity index (χ3v) is 9.05. The average molecular weight is 428 g/mol. The van der Waals surface area contributed by atoms with Crippen LogP contribution in [0.4, 0.5) is 0 Å². The van der Waals surface area contributed by atoms with E-state index in [2.05, 4.69) is 9.80 Å². The summed E-state index contributed by atoms with van der Waals surface area (Å²) in [7, 11) is -3.15. The van der Waals surface area contributed by atoms with Crippen LogP contribution in [0.3, 0.4) is 0 Å². The number of amides is 1. The summed E-state index contributed by atoms with van der Waals surface area (Å²) in [6.45, 7) is 8.01. The summed E-state index contributed by atoms with van der Waals surface area (Å²) in [5, 5.41) is 0. The number of nitrogens with zero attached hydrogens (tertiary/aromatic N) is 3. The molecule has 0 radical (unpaired) electrons. The molecule has 1 amide bonds. The van der Waals surface area contributed by atoms with E-state index in [0.717, 1.165) is 44.9 Å². The maximum absolute atomic E-state index is 13.1. The molecule has 0 aromatic carbocycles. The van der Waals surface area contributed by atoms with Crippen LogP contribution in [0.1, 0.15) is 71.1 Å². The largest absolute Gasteiger partial charge is 0.341 e. The Labute approximate surface area is 178 Å². The van der Waals surface area contributed by atoms with Gasteiger partial charge >= 0.3 is 0 Å². The SMILES string of the molecule is CCCCS(=O)(=O)N1CCC(C(=O)N2CCCN(CC3CCCCC3)CC2)CC1. The fourth-order valence-electron chi connectivity index (χ4n) is 5.20. The second kappa shape index (κ2) is 11.1. The summed E-state index contributed by atoms with van der Waals surface area (Å²) in [6, 6.07) is 0. The van der Waals surface area contributed by atoms with E-state index in [1.807, 2.05) is 6.92 Å². The van der Waals surface area contributed by atoms with Gasteiger partial charge in [-0.2, -0.15) is 0 Å². The van der Waals surface area contributed by atoms with E-state index in [1.54, 1.807) is 4.31 Å². The Kier molecular flexibility index (Phi) is 8.81. The minimum absolute atomic E-state index is 0.00230. The minimum Gasteiger partial charge on any atom is -0.341 e. The zero-order chi connectivity index (χ0) is 20.7. The third kappa shape index (κ3) is 6.66. The van der Waals surface area contributed by atoms with E-state index >= 15 is 0 Å². The first-order valence-corrected chi connectivity index (χ1v) is 13.6. The first-order chi connectivity index (χ1) is 14.0. The van der Waals surface area contributed by atoms with Crippen LogP contribution < -0.4 is 0 Å². The molecule has 2 aliphatic heterocycles. The van der Waals surface area contributed by atoms with Gasteiger partial charge in [0.15, 0.2) is 0 Å². The highest BCUT2D eigenvalue weighted by atomic mass is 32.2. The highest BCUT2D eigenvalue weighted by molar-refractivity contribution is 7.89. The topological polar surface area (TPSA) is 60.9 Å². The van der Waals surface area contributed by atoms with Crippen molar-refractivity contribution in [2.75, 3.05) is 51.6 Å². The number of sulfonamides is 1. The molecule has 7 heteroatoms. The lowest BCUT2D eigenvalue weighted by Crippen LogP contribution is -2.45. The fourth-order valence-corrected chi connectivity index (χ4v) is 6.88. The molecule has 0 aromatic rings. The van der Waals surface area contributed by atoms with Crippen LogP contribution in [0.15, 0.2) is 0 Å². The Hall–Kier alpha value is -0.660. The van der Waals surface area contributed by atoms with Crippen LogP contribution in [0.25, 0.3) is 0 Å². The van der Waals surface area contributed by atoms with Crippen molar-refractivity contribution >= 4 is 15.9 Å². The van der Waals surface area contributed by atoms with Crippen molar-refractivity contribution in [2.24, 2.45) is 11.8 Å². The number of hydrogen-bond donors (Lipinski definition) is 0. The molecule has 2 saturated heterocycles. The van der Waals surface area contributed by atoms with Crippen molar-refractivity contribution in [1.29, 1.82) is 0 Å². The van der Waals surface area contributed by atoms with Crippen molar-refractivity contribution in [3.05, 3.63) is 0 Å². The highest BCUT2D eigenvalue weighted by Gasteiger charge is 2.33. The molecule has 3 rings (SSSR count). The van der Waals surface area contributed by atoms with Gasteiger partial charge in [-0.1, -0.05) is 32.6 Å². The average Bonchev–Trinajstić information content (AvgIpc) is 2.98. The number of unbranched alkanes of at least 4 members (excludes halogenated alkanes) is 1. The monoisotopic (exact) mass is 427 g/mol. The molecule has 29 heavy (non-hydrogen) atoms. The predicted octanol–water partition coefficient (Wildman–Crippen LogP) is 2.94. The molecule has 3 fully saturated rings.